The number of rotatable bonds is 9. The lowest BCUT2D eigenvalue weighted by molar-refractivity contribution is -0.139. The van der Waals surface area contributed by atoms with Crippen LogP contribution in [0.4, 0.5) is 0 Å². The van der Waals surface area contributed by atoms with E-state index in [2.05, 4.69) is 0 Å². The van der Waals surface area contributed by atoms with Gasteiger partial charge >= 0.3 is 23.9 Å². The van der Waals surface area contributed by atoms with Gasteiger partial charge in [0.15, 0.2) is 0 Å². The van der Waals surface area contributed by atoms with Gasteiger partial charge in [-0.25, -0.2) is 9.59 Å². The van der Waals surface area contributed by atoms with Gasteiger partial charge in [0, 0.05) is 12.8 Å². The van der Waals surface area contributed by atoms with E-state index < -0.39 is 23.9 Å². The molecule has 0 saturated carbocycles. The lowest BCUT2D eigenvalue weighted by atomic mass is 10.1. The average Bonchev–Trinajstić information content (AvgIpc) is 2.59. The first-order valence-electron chi connectivity index (χ1n) is 8.20. The van der Waals surface area contributed by atoms with Crippen molar-refractivity contribution in [1.29, 1.82) is 0 Å². The summed E-state index contributed by atoms with van der Waals surface area (Å²) in [4.78, 5) is 42.9. The van der Waals surface area contributed by atoms with Crippen LogP contribution in [0.3, 0.4) is 0 Å². The number of hydrogen-bond donors (Lipinski definition) is 2. The molecule has 2 N–H and O–H groups in total. The quantitative estimate of drug-likeness (QED) is 0.503. The van der Waals surface area contributed by atoms with E-state index >= 15 is 0 Å². The van der Waals surface area contributed by atoms with Crippen LogP contribution in [0.25, 0.3) is 0 Å². The molecule has 0 aliphatic rings. The van der Waals surface area contributed by atoms with Crippen LogP contribution in [0.2, 0.25) is 0 Å². The zero-order chi connectivity index (χ0) is 19.9. The summed E-state index contributed by atoms with van der Waals surface area (Å²) in [6, 6.07) is 6.44. The average molecular weight is 368 g/mol. The number of carboxylic acid groups (broad SMARTS) is 2. The Labute approximate surface area is 151 Å². The Kier molecular flexibility index (Phi) is 11.9. The molecule has 0 heterocycles. The Hall–Kier alpha value is -2.90. The minimum atomic E-state index is -0.870. The fraction of sp³-hybridized carbons (Fsp3) is 0.444. The van der Waals surface area contributed by atoms with Gasteiger partial charge in [0.05, 0.1) is 24.3 Å². The summed E-state index contributed by atoms with van der Waals surface area (Å²) in [5.74, 6) is -2.76. The number of aliphatic carboxylic acids is 2. The number of carbonyl (C=O) groups excluding carboxylic acids is 2. The molecule has 0 amide bonds. The normalized spacial score (nSPS) is 9.46. The monoisotopic (exact) mass is 368 g/mol. The summed E-state index contributed by atoms with van der Waals surface area (Å²) in [7, 11) is 0. The van der Waals surface area contributed by atoms with E-state index in [1.165, 1.54) is 0 Å². The molecular weight excluding hydrogens is 344 g/mol. The van der Waals surface area contributed by atoms with Crippen LogP contribution in [-0.4, -0.2) is 47.3 Å². The van der Waals surface area contributed by atoms with Gasteiger partial charge in [0.1, 0.15) is 0 Å². The molecule has 0 aliphatic heterocycles. The third-order valence-corrected chi connectivity index (χ3v) is 2.95. The Morgan fingerprint density at radius 2 is 1.12 bits per heavy atom. The van der Waals surface area contributed by atoms with Crippen molar-refractivity contribution < 1.29 is 38.9 Å². The molecule has 0 unspecified atom stereocenters. The largest absolute Gasteiger partial charge is 0.481 e. The van der Waals surface area contributed by atoms with Crippen LogP contribution in [0.5, 0.6) is 0 Å². The number of ether oxygens (including phenoxy) is 2. The van der Waals surface area contributed by atoms with E-state index in [0.717, 1.165) is 0 Å². The van der Waals surface area contributed by atoms with E-state index in [0.29, 0.717) is 12.8 Å². The van der Waals surface area contributed by atoms with Crippen molar-refractivity contribution in [3.05, 3.63) is 35.4 Å². The topological polar surface area (TPSA) is 127 Å². The second-order valence-electron chi connectivity index (χ2n) is 4.98. The maximum Gasteiger partial charge on any atom is 0.338 e. The molecule has 0 aliphatic carbocycles. The predicted molar refractivity (Wildman–Crippen MR) is 92.1 cm³/mol. The lowest BCUT2D eigenvalue weighted by Gasteiger charge is -2.07. The van der Waals surface area contributed by atoms with Gasteiger partial charge in [-0.15, -0.1) is 0 Å². The lowest BCUT2D eigenvalue weighted by Crippen LogP contribution is -2.13. The Bertz CT molecular complexity index is 556. The first-order chi connectivity index (χ1) is 12.3. The van der Waals surface area contributed by atoms with Crippen molar-refractivity contribution in [3.8, 4) is 0 Å². The van der Waals surface area contributed by atoms with Crippen LogP contribution in [0, 0.1) is 0 Å². The number of benzene rings is 1. The van der Waals surface area contributed by atoms with Crippen LogP contribution in [-0.2, 0) is 19.1 Å². The number of carbonyl (C=O) groups is 4. The van der Waals surface area contributed by atoms with E-state index in [1.54, 1.807) is 38.1 Å². The van der Waals surface area contributed by atoms with E-state index in [9.17, 15) is 19.2 Å². The van der Waals surface area contributed by atoms with Crippen molar-refractivity contribution in [2.45, 2.75) is 39.5 Å². The third kappa shape index (κ3) is 10.1. The summed E-state index contributed by atoms with van der Waals surface area (Å²) >= 11 is 0. The first kappa shape index (κ1) is 23.1. The maximum absolute atomic E-state index is 11.5. The van der Waals surface area contributed by atoms with Gasteiger partial charge in [-0.3, -0.25) is 9.59 Å². The predicted octanol–water partition coefficient (Wildman–Crippen LogP) is 2.76. The zero-order valence-electron chi connectivity index (χ0n) is 14.9. The molecule has 26 heavy (non-hydrogen) atoms. The molecule has 144 valence electrons. The standard InChI is InChI=1S/C12H14O4.C6H10O4/c1-3-15-11(13)9-7-5-6-8-10(9)12(14)16-4-2;7-5(8)3-1-2-4-6(9)10/h5-8H,3-4H2,1-2H3;1-4H2,(H,7,8)(H,9,10). The summed E-state index contributed by atoms with van der Waals surface area (Å²) < 4.78 is 9.70. The Morgan fingerprint density at radius 3 is 1.38 bits per heavy atom. The van der Waals surface area contributed by atoms with Crippen molar-refractivity contribution in [3.63, 3.8) is 0 Å². The van der Waals surface area contributed by atoms with Gasteiger partial charge in [-0.1, -0.05) is 12.1 Å². The van der Waals surface area contributed by atoms with Crippen LogP contribution >= 0.6 is 0 Å². The van der Waals surface area contributed by atoms with Gasteiger partial charge in [-0.2, -0.15) is 0 Å². The summed E-state index contributed by atoms with van der Waals surface area (Å²) in [5.41, 5.74) is 0.477. The van der Waals surface area contributed by atoms with Crippen LogP contribution < -0.4 is 0 Å². The smallest absolute Gasteiger partial charge is 0.338 e. The molecule has 8 nitrogen and oxygen atoms in total. The summed E-state index contributed by atoms with van der Waals surface area (Å²) in [5, 5.41) is 16.3. The fourth-order valence-electron chi connectivity index (χ4n) is 1.81. The third-order valence-electron chi connectivity index (χ3n) is 2.95. The highest BCUT2D eigenvalue weighted by Gasteiger charge is 2.17. The highest BCUT2D eigenvalue weighted by atomic mass is 16.5. The van der Waals surface area contributed by atoms with Crippen molar-refractivity contribution >= 4 is 23.9 Å². The molecule has 1 aromatic carbocycles. The Balaban J connectivity index is 0.000000541. The van der Waals surface area contributed by atoms with Crippen LogP contribution in [0.15, 0.2) is 24.3 Å². The summed E-state index contributed by atoms with van der Waals surface area (Å²) in [6.45, 7) is 3.97. The SMILES string of the molecule is CCOC(=O)c1ccccc1C(=O)OCC.O=C(O)CCCCC(=O)O. The molecule has 0 spiro atoms. The molecule has 0 saturated heterocycles. The fourth-order valence-corrected chi connectivity index (χ4v) is 1.81. The molecule has 0 radical (unpaired) electrons. The Morgan fingerprint density at radius 1 is 0.769 bits per heavy atom. The number of carboxylic acids is 2. The van der Waals surface area contributed by atoms with Gasteiger partial charge in [0.25, 0.3) is 0 Å². The molecule has 0 bridgehead atoms. The molecular formula is C18H24O8. The van der Waals surface area contributed by atoms with Gasteiger partial charge < -0.3 is 19.7 Å². The zero-order valence-corrected chi connectivity index (χ0v) is 14.9. The van der Waals surface area contributed by atoms with Gasteiger partial charge in [0.2, 0.25) is 0 Å². The van der Waals surface area contributed by atoms with Gasteiger partial charge in [-0.05, 0) is 38.8 Å². The second-order valence-corrected chi connectivity index (χ2v) is 4.98. The number of hydrogen-bond acceptors (Lipinski definition) is 6. The molecule has 0 atom stereocenters. The highest BCUT2D eigenvalue weighted by molar-refractivity contribution is 6.03. The van der Waals surface area contributed by atoms with E-state index in [4.69, 9.17) is 19.7 Å². The highest BCUT2D eigenvalue weighted by Crippen LogP contribution is 2.11. The maximum atomic E-state index is 11.5. The second kappa shape index (κ2) is 13.4. The summed E-state index contributed by atoms with van der Waals surface area (Å²) in [6.07, 6.45) is 1.02. The van der Waals surface area contributed by atoms with Crippen molar-refractivity contribution in [2.24, 2.45) is 0 Å². The van der Waals surface area contributed by atoms with Crippen molar-refractivity contribution in [1.82, 2.24) is 0 Å². The number of unbranched alkanes of at least 4 members (excludes halogenated alkanes) is 1. The minimum Gasteiger partial charge on any atom is -0.481 e. The van der Waals surface area contributed by atoms with E-state index in [1.807, 2.05) is 0 Å². The molecule has 1 rings (SSSR count). The minimum absolute atomic E-state index is 0.0628. The number of esters is 2. The molecule has 0 aromatic heterocycles. The molecule has 8 heteroatoms. The molecule has 1 aromatic rings. The van der Waals surface area contributed by atoms with Crippen LogP contribution in [0.1, 0.15) is 60.2 Å². The molecule has 0 fully saturated rings. The first-order valence-corrected chi connectivity index (χ1v) is 8.20. The van der Waals surface area contributed by atoms with E-state index in [-0.39, 0.29) is 37.2 Å². The van der Waals surface area contributed by atoms with Crippen molar-refractivity contribution in [2.75, 3.05) is 13.2 Å².